The van der Waals surface area contributed by atoms with Crippen molar-refractivity contribution in [2.24, 2.45) is 0 Å². The van der Waals surface area contributed by atoms with Crippen LogP contribution in [0.25, 0.3) is 0 Å². The second-order valence-corrected chi connectivity index (χ2v) is 3.04. The van der Waals surface area contributed by atoms with Gasteiger partial charge in [0.1, 0.15) is 0 Å². The Hall–Kier alpha value is -0.180. The van der Waals surface area contributed by atoms with Crippen molar-refractivity contribution in [3.63, 3.8) is 0 Å². The summed E-state index contributed by atoms with van der Waals surface area (Å²) < 4.78 is 4.73. The molecule has 0 saturated carbocycles. The molecule has 0 fully saturated rings. The SMILES string of the molecule is O=C(O)CC(O)COCC(O)CC(=O)O.[Na]. The van der Waals surface area contributed by atoms with E-state index in [1.165, 1.54) is 0 Å². The minimum Gasteiger partial charge on any atom is -0.481 e. The molecule has 0 heterocycles. The number of carboxylic acids is 2. The van der Waals surface area contributed by atoms with Crippen molar-refractivity contribution in [2.45, 2.75) is 25.0 Å². The second kappa shape index (κ2) is 10.0. The number of hydrogen-bond donors (Lipinski definition) is 4. The number of aliphatic hydroxyl groups excluding tert-OH is 2. The van der Waals surface area contributed by atoms with E-state index in [-0.39, 0.29) is 42.8 Å². The van der Waals surface area contributed by atoms with Crippen LogP contribution in [-0.4, -0.2) is 87.3 Å². The van der Waals surface area contributed by atoms with Crippen LogP contribution in [-0.2, 0) is 14.3 Å². The average Bonchev–Trinajstić information content (AvgIpc) is 2.00. The monoisotopic (exact) mass is 245 g/mol. The molecular weight excluding hydrogens is 231 g/mol. The van der Waals surface area contributed by atoms with Gasteiger partial charge < -0.3 is 25.2 Å². The zero-order valence-corrected chi connectivity index (χ0v) is 11.0. The minimum absolute atomic E-state index is 0. The van der Waals surface area contributed by atoms with Gasteiger partial charge in [-0.05, 0) is 0 Å². The smallest absolute Gasteiger partial charge is 0.306 e. The van der Waals surface area contributed by atoms with Gasteiger partial charge in [-0.1, -0.05) is 0 Å². The Morgan fingerprint density at radius 2 is 1.25 bits per heavy atom. The van der Waals surface area contributed by atoms with E-state index < -0.39 is 37.0 Å². The number of rotatable bonds is 8. The summed E-state index contributed by atoms with van der Waals surface area (Å²) in [5, 5.41) is 34.6. The van der Waals surface area contributed by atoms with Gasteiger partial charge in [-0.3, -0.25) is 9.59 Å². The first-order valence-electron chi connectivity index (χ1n) is 4.29. The molecule has 8 heteroatoms. The largest absolute Gasteiger partial charge is 0.481 e. The Morgan fingerprint density at radius 3 is 1.50 bits per heavy atom. The van der Waals surface area contributed by atoms with Crippen molar-refractivity contribution in [2.75, 3.05) is 13.2 Å². The molecule has 7 nitrogen and oxygen atoms in total. The third-order valence-corrected chi connectivity index (χ3v) is 1.44. The molecule has 2 atom stereocenters. The molecule has 0 aromatic rings. The van der Waals surface area contributed by atoms with E-state index in [9.17, 15) is 9.59 Å². The molecule has 0 aliphatic rings. The molecule has 4 N–H and O–H groups in total. The predicted molar refractivity (Wildman–Crippen MR) is 53.1 cm³/mol. The fourth-order valence-electron chi connectivity index (χ4n) is 0.861. The van der Waals surface area contributed by atoms with E-state index in [0.29, 0.717) is 0 Å². The third kappa shape index (κ3) is 11.9. The van der Waals surface area contributed by atoms with Gasteiger partial charge >= 0.3 is 11.9 Å². The molecule has 0 aliphatic heterocycles. The third-order valence-electron chi connectivity index (χ3n) is 1.44. The Balaban J connectivity index is 0. The topological polar surface area (TPSA) is 124 Å². The first-order chi connectivity index (χ1) is 6.91. The molecule has 0 bridgehead atoms. The summed E-state index contributed by atoms with van der Waals surface area (Å²) in [7, 11) is 0. The van der Waals surface area contributed by atoms with Gasteiger partial charge in [0, 0.05) is 29.6 Å². The molecule has 0 aliphatic carbocycles. The zero-order chi connectivity index (χ0) is 11.8. The van der Waals surface area contributed by atoms with Crippen LogP contribution in [0.15, 0.2) is 0 Å². The van der Waals surface area contributed by atoms with Crippen LogP contribution in [0.1, 0.15) is 12.8 Å². The Labute approximate surface area is 114 Å². The standard InChI is InChI=1S/C8H14O7.Na/c9-5(1-7(11)12)3-15-4-6(10)2-8(13)14;/h5-6,9-10H,1-4H2,(H,11,12)(H,13,14);. The van der Waals surface area contributed by atoms with E-state index in [0.717, 1.165) is 0 Å². The van der Waals surface area contributed by atoms with Crippen LogP contribution in [0.4, 0.5) is 0 Å². The summed E-state index contributed by atoms with van der Waals surface area (Å²) in [6, 6.07) is 0. The molecule has 0 saturated heterocycles. The second-order valence-electron chi connectivity index (χ2n) is 3.04. The van der Waals surface area contributed by atoms with Crippen LogP contribution in [0, 0.1) is 0 Å². The maximum atomic E-state index is 10.1. The van der Waals surface area contributed by atoms with Gasteiger partial charge in [0.05, 0.1) is 38.3 Å². The van der Waals surface area contributed by atoms with Gasteiger partial charge in [0.25, 0.3) is 0 Å². The van der Waals surface area contributed by atoms with Crippen LogP contribution < -0.4 is 0 Å². The summed E-state index contributed by atoms with van der Waals surface area (Å²) in [4.78, 5) is 20.2. The van der Waals surface area contributed by atoms with Gasteiger partial charge in [-0.25, -0.2) is 0 Å². The molecule has 0 rings (SSSR count). The van der Waals surface area contributed by atoms with E-state index >= 15 is 0 Å². The van der Waals surface area contributed by atoms with Gasteiger partial charge in [-0.2, -0.15) is 0 Å². The number of carboxylic acid groups (broad SMARTS) is 2. The van der Waals surface area contributed by atoms with Crippen molar-refractivity contribution in [1.29, 1.82) is 0 Å². The molecular formula is C8H14NaO7. The number of ether oxygens (including phenoxy) is 1. The number of hydrogen-bond acceptors (Lipinski definition) is 5. The molecule has 0 aromatic heterocycles. The fourth-order valence-corrected chi connectivity index (χ4v) is 0.861. The average molecular weight is 245 g/mol. The summed E-state index contributed by atoms with van der Waals surface area (Å²) in [5.74, 6) is -2.31. The van der Waals surface area contributed by atoms with Gasteiger partial charge in [0.2, 0.25) is 0 Å². The van der Waals surface area contributed by atoms with E-state index in [1.54, 1.807) is 0 Å². The van der Waals surface area contributed by atoms with Crippen molar-refractivity contribution in [3.05, 3.63) is 0 Å². The normalized spacial score (nSPS) is 13.6. The Morgan fingerprint density at radius 1 is 0.938 bits per heavy atom. The quantitative estimate of drug-likeness (QED) is 0.375. The minimum atomic E-state index is -1.16. The van der Waals surface area contributed by atoms with Crippen molar-refractivity contribution in [3.8, 4) is 0 Å². The maximum Gasteiger partial charge on any atom is 0.306 e. The van der Waals surface area contributed by atoms with Crippen LogP contribution in [0.3, 0.4) is 0 Å². The Kier molecular flexibility index (Phi) is 11.4. The summed E-state index contributed by atoms with van der Waals surface area (Å²) in [6.07, 6.45) is -3.21. The predicted octanol–water partition coefficient (Wildman–Crippen LogP) is -1.71. The number of aliphatic carboxylic acids is 2. The zero-order valence-electron chi connectivity index (χ0n) is 9.00. The molecule has 0 aromatic carbocycles. The molecule has 16 heavy (non-hydrogen) atoms. The summed E-state index contributed by atoms with van der Waals surface area (Å²) in [6.45, 7) is -0.494. The molecule has 1 radical (unpaired) electrons. The van der Waals surface area contributed by atoms with E-state index in [4.69, 9.17) is 25.2 Å². The van der Waals surface area contributed by atoms with E-state index in [1.807, 2.05) is 0 Å². The van der Waals surface area contributed by atoms with E-state index in [2.05, 4.69) is 0 Å². The molecule has 89 valence electrons. The number of carbonyl (C=O) groups is 2. The molecule has 0 amide bonds. The summed E-state index contributed by atoms with van der Waals surface area (Å²) in [5.41, 5.74) is 0. The first-order valence-corrected chi connectivity index (χ1v) is 4.29. The fraction of sp³-hybridized carbons (Fsp3) is 0.750. The summed E-state index contributed by atoms with van der Waals surface area (Å²) >= 11 is 0. The van der Waals surface area contributed by atoms with Crippen LogP contribution in [0.5, 0.6) is 0 Å². The number of aliphatic hydroxyl groups is 2. The van der Waals surface area contributed by atoms with Gasteiger partial charge in [-0.15, -0.1) is 0 Å². The van der Waals surface area contributed by atoms with Crippen LogP contribution in [0.2, 0.25) is 0 Å². The van der Waals surface area contributed by atoms with Crippen molar-refractivity contribution >= 4 is 41.5 Å². The van der Waals surface area contributed by atoms with Crippen molar-refractivity contribution < 1.29 is 34.8 Å². The first kappa shape index (κ1) is 18.2. The Bertz CT molecular complexity index is 198. The molecule has 0 spiro atoms. The molecule has 2 unspecified atom stereocenters. The van der Waals surface area contributed by atoms with Crippen LogP contribution >= 0.6 is 0 Å². The van der Waals surface area contributed by atoms with Gasteiger partial charge in [0.15, 0.2) is 0 Å². The maximum absolute atomic E-state index is 10.1. The van der Waals surface area contributed by atoms with Crippen molar-refractivity contribution in [1.82, 2.24) is 0 Å².